The average Bonchev–Trinajstić information content (AvgIpc) is 3.28. The maximum absolute atomic E-state index is 13.1. The number of fused-ring (bicyclic) bond motifs is 6. The monoisotopic (exact) mass is 621 g/mol. The first-order valence-corrected chi connectivity index (χ1v) is 17.2. The van der Waals surface area contributed by atoms with Crippen LogP contribution in [-0.2, 0) is 16.0 Å². The number of rotatable bonds is 7. The number of aliphatic hydroxyl groups is 2. The Morgan fingerprint density at radius 1 is 1.00 bits per heavy atom. The van der Waals surface area contributed by atoms with Gasteiger partial charge in [0.2, 0.25) is 5.91 Å². The van der Waals surface area contributed by atoms with Crippen molar-refractivity contribution < 1.29 is 29.3 Å². The summed E-state index contributed by atoms with van der Waals surface area (Å²) in [4.78, 5) is 36.7. The molecule has 1 amide bonds. The van der Waals surface area contributed by atoms with Crippen LogP contribution in [0.25, 0.3) is 11.0 Å². The van der Waals surface area contributed by atoms with Crippen molar-refractivity contribution in [2.24, 2.45) is 46.3 Å². The molecule has 0 aliphatic heterocycles. The van der Waals surface area contributed by atoms with Crippen LogP contribution in [0.5, 0.6) is 0 Å². The van der Waals surface area contributed by atoms with Gasteiger partial charge in [-0.15, -0.1) is 0 Å². The normalized spacial score (nSPS) is 36.8. The van der Waals surface area contributed by atoms with E-state index in [9.17, 15) is 24.6 Å². The first-order chi connectivity index (χ1) is 21.3. The largest absolute Gasteiger partial charge is 0.481 e. The molecule has 8 nitrogen and oxygen atoms in total. The van der Waals surface area contributed by atoms with E-state index in [1.807, 2.05) is 0 Å². The summed E-state index contributed by atoms with van der Waals surface area (Å²) >= 11 is 0. The first-order valence-electron chi connectivity index (χ1n) is 17.2. The molecule has 2 aromatic rings. The lowest BCUT2D eigenvalue weighted by molar-refractivity contribution is -0.136. The molecule has 4 aliphatic rings. The molecule has 0 radical (unpaired) electrons. The molecular formula is C37H51NO7. The highest BCUT2D eigenvalue weighted by Gasteiger charge is 2.60. The Labute approximate surface area is 266 Å². The Kier molecular flexibility index (Phi) is 8.70. The van der Waals surface area contributed by atoms with Crippen LogP contribution in [0.3, 0.4) is 0 Å². The number of hydrogen-bond acceptors (Lipinski definition) is 6. The lowest BCUT2D eigenvalue weighted by Gasteiger charge is -2.56. The Bertz CT molecular complexity index is 1520. The Balaban J connectivity index is 1.10. The fourth-order valence-corrected chi connectivity index (χ4v) is 11.0. The van der Waals surface area contributed by atoms with E-state index in [4.69, 9.17) is 9.52 Å². The smallest absolute Gasteiger partial charge is 0.340 e. The second-order valence-electron chi connectivity index (χ2n) is 15.7. The van der Waals surface area contributed by atoms with Crippen LogP contribution >= 0.6 is 0 Å². The molecule has 4 saturated carbocycles. The van der Waals surface area contributed by atoms with Crippen molar-refractivity contribution in [1.29, 1.82) is 0 Å². The number of nitrogens with one attached hydrogen (secondary N) is 1. The number of hydrogen-bond donors (Lipinski definition) is 4. The van der Waals surface area contributed by atoms with E-state index in [0.717, 1.165) is 38.5 Å². The number of carboxylic acid groups (broad SMARTS) is 1. The van der Waals surface area contributed by atoms with Gasteiger partial charge in [0.05, 0.1) is 24.2 Å². The van der Waals surface area contributed by atoms with E-state index in [-0.39, 0.29) is 34.5 Å². The Morgan fingerprint density at radius 3 is 2.47 bits per heavy atom. The van der Waals surface area contributed by atoms with Crippen LogP contribution in [0.4, 0.5) is 5.69 Å². The molecule has 246 valence electrons. The number of carboxylic acids is 1. The molecule has 4 N–H and O–H groups in total. The number of anilines is 1. The van der Waals surface area contributed by atoms with Gasteiger partial charge in [0.1, 0.15) is 5.58 Å². The number of amides is 1. The van der Waals surface area contributed by atoms with Crippen molar-refractivity contribution in [2.75, 3.05) is 5.32 Å². The van der Waals surface area contributed by atoms with Gasteiger partial charge in [-0.1, -0.05) is 20.8 Å². The standard InChI is InChI=1S/C37H51NO7/c1-20(5-10-33(41)38-23-6-7-26-21(2)27(19-34(42)43)35(44)45-32(26)17-23)29-8-9-30-28-18-25(40)16-22-15-24(39)11-13-36(22,3)31(28)12-14-37(29,30)4/h6-7,17,20,22,24-25,28-31,39-40H,5,8-16,18-19H2,1-4H3,(H,38,41)(H,42,43)/t20-,22+,24-,25+,28-,29-,30+,31+,36+,37-/m1/s1. The summed E-state index contributed by atoms with van der Waals surface area (Å²) in [5, 5.41) is 34.4. The minimum Gasteiger partial charge on any atom is -0.481 e. The van der Waals surface area contributed by atoms with Crippen LogP contribution in [0, 0.1) is 53.3 Å². The third kappa shape index (κ3) is 5.86. The van der Waals surface area contributed by atoms with Gasteiger partial charge in [-0.2, -0.15) is 0 Å². The summed E-state index contributed by atoms with van der Waals surface area (Å²) in [5.74, 6) is 1.93. The van der Waals surface area contributed by atoms with Gasteiger partial charge in [-0.05, 0) is 135 Å². The molecule has 1 aromatic carbocycles. The van der Waals surface area contributed by atoms with Gasteiger partial charge >= 0.3 is 11.6 Å². The minimum absolute atomic E-state index is 0.0727. The van der Waals surface area contributed by atoms with Crippen LogP contribution in [0.1, 0.15) is 103 Å². The van der Waals surface area contributed by atoms with E-state index < -0.39 is 18.0 Å². The highest BCUT2D eigenvalue weighted by molar-refractivity contribution is 5.94. The highest BCUT2D eigenvalue weighted by atomic mass is 16.4. The molecule has 4 fully saturated rings. The molecule has 6 rings (SSSR count). The summed E-state index contributed by atoms with van der Waals surface area (Å²) in [6.45, 7) is 8.99. The van der Waals surface area contributed by atoms with Gasteiger partial charge < -0.3 is 25.1 Å². The van der Waals surface area contributed by atoms with Gasteiger partial charge in [0.25, 0.3) is 0 Å². The van der Waals surface area contributed by atoms with E-state index in [1.54, 1.807) is 25.1 Å². The second-order valence-corrected chi connectivity index (χ2v) is 15.7. The van der Waals surface area contributed by atoms with E-state index in [0.29, 0.717) is 64.1 Å². The third-order valence-electron chi connectivity index (χ3n) is 13.4. The molecule has 45 heavy (non-hydrogen) atoms. The summed E-state index contributed by atoms with van der Waals surface area (Å²) < 4.78 is 5.42. The van der Waals surface area contributed by atoms with Crippen LogP contribution in [0.15, 0.2) is 27.4 Å². The molecular weight excluding hydrogens is 570 g/mol. The zero-order valence-electron chi connectivity index (χ0n) is 27.3. The summed E-state index contributed by atoms with van der Waals surface area (Å²) in [7, 11) is 0. The van der Waals surface area contributed by atoms with Crippen molar-refractivity contribution in [2.45, 2.75) is 117 Å². The summed E-state index contributed by atoms with van der Waals surface area (Å²) in [5.41, 5.74) is 1.35. The van der Waals surface area contributed by atoms with Crippen LogP contribution in [0.2, 0.25) is 0 Å². The van der Waals surface area contributed by atoms with Crippen LogP contribution < -0.4 is 10.9 Å². The maximum Gasteiger partial charge on any atom is 0.340 e. The number of aliphatic hydroxyl groups excluding tert-OH is 2. The lowest BCUT2D eigenvalue weighted by atomic mass is 9.49. The van der Waals surface area contributed by atoms with Crippen molar-refractivity contribution in [3.63, 3.8) is 0 Å². The molecule has 0 spiro atoms. The zero-order chi connectivity index (χ0) is 32.3. The van der Waals surface area contributed by atoms with Gasteiger partial charge in [-0.25, -0.2) is 4.79 Å². The second kappa shape index (κ2) is 12.1. The number of carbonyl (C=O) groups is 2. The van der Waals surface area contributed by atoms with Gasteiger partial charge in [-0.3, -0.25) is 9.59 Å². The SMILES string of the molecule is Cc1c(CC(=O)O)c(=O)oc2cc(NC(=O)CC[C@@H](C)[C@H]3CC[C@H]4[C@H]5C[C@@H](O)C[C@@H]6C[C@H](O)CC[C@]6(C)[C@H]5CC[C@]34C)ccc12. The minimum atomic E-state index is -1.09. The molecule has 0 saturated heterocycles. The molecule has 8 heteroatoms. The van der Waals surface area contributed by atoms with E-state index in [2.05, 4.69) is 26.1 Å². The Morgan fingerprint density at radius 2 is 1.71 bits per heavy atom. The number of aryl methyl sites for hydroxylation is 1. The predicted octanol–water partition coefficient (Wildman–Crippen LogP) is 6.46. The number of benzene rings is 1. The first kappa shape index (κ1) is 32.2. The maximum atomic E-state index is 13.1. The molecule has 1 heterocycles. The summed E-state index contributed by atoms with van der Waals surface area (Å²) in [6, 6.07) is 5.16. The zero-order valence-corrected chi connectivity index (χ0v) is 27.3. The molecule has 0 bridgehead atoms. The van der Waals surface area contributed by atoms with Gasteiger partial charge in [0.15, 0.2) is 0 Å². The molecule has 0 unspecified atom stereocenters. The lowest BCUT2D eigenvalue weighted by Crippen LogP contribution is -2.50. The van der Waals surface area contributed by atoms with Crippen molar-refractivity contribution in [3.8, 4) is 0 Å². The van der Waals surface area contributed by atoms with Crippen molar-refractivity contribution >= 4 is 28.5 Å². The van der Waals surface area contributed by atoms with Crippen LogP contribution in [-0.4, -0.2) is 39.4 Å². The molecule has 1 aromatic heterocycles. The van der Waals surface area contributed by atoms with Gasteiger partial charge in [0, 0.05) is 23.6 Å². The van der Waals surface area contributed by atoms with Crippen molar-refractivity contribution in [3.05, 3.63) is 39.7 Å². The quantitative estimate of drug-likeness (QED) is 0.260. The van der Waals surface area contributed by atoms with E-state index in [1.165, 1.54) is 25.7 Å². The number of aliphatic carboxylic acids is 1. The number of carbonyl (C=O) groups excluding carboxylic acids is 1. The Hall–Kier alpha value is -2.71. The third-order valence-corrected chi connectivity index (χ3v) is 13.4. The van der Waals surface area contributed by atoms with Crippen molar-refractivity contribution in [1.82, 2.24) is 0 Å². The molecule has 10 atom stereocenters. The molecule has 4 aliphatic carbocycles. The predicted molar refractivity (Wildman–Crippen MR) is 173 cm³/mol. The highest BCUT2D eigenvalue weighted by Crippen LogP contribution is 2.67. The topological polar surface area (TPSA) is 137 Å². The fraction of sp³-hybridized carbons (Fsp3) is 0.703. The average molecular weight is 622 g/mol. The van der Waals surface area contributed by atoms with E-state index >= 15 is 0 Å². The fourth-order valence-electron chi connectivity index (χ4n) is 11.0. The summed E-state index contributed by atoms with van der Waals surface area (Å²) in [6.07, 6.45) is 9.60.